The van der Waals surface area contributed by atoms with Gasteiger partial charge in [0.15, 0.2) is 11.4 Å². The molecular formula is C23H23N5O2. The number of hydrogen-bond acceptors (Lipinski definition) is 5. The Labute approximate surface area is 173 Å². The van der Waals surface area contributed by atoms with Crippen LogP contribution in [0.1, 0.15) is 41.5 Å². The Hall–Kier alpha value is -3.74. The number of benzene rings is 2. The Morgan fingerprint density at radius 3 is 2.27 bits per heavy atom. The molecule has 0 spiro atoms. The van der Waals surface area contributed by atoms with E-state index in [0.29, 0.717) is 51.5 Å². The number of fused-ring (bicyclic) bond motifs is 2. The van der Waals surface area contributed by atoms with Crippen LogP contribution in [-0.2, 0) is 0 Å². The van der Waals surface area contributed by atoms with Gasteiger partial charge in [-0.05, 0) is 49.2 Å². The first kappa shape index (κ1) is 19.6. The SMILES string of the molecule is CC(=O)c1ccc(-n2c(N)c(C(=O)NCC(C)C)c3nc4ccccc4nc32)cc1. The topological polar surface area (TPSA) is 103 Å². The van der Waals surface area contributed by atoms with Gasteiger partial charge in [-0.15, -0.1) is 0 Å². The number of rotatable bonds is 5. The summed E-state index contributed by atoms with van der Waals surface area (Å²) in [6.07, 6.45) is 0. The second-order valence-corrected chi connectivity index (χ2v) is 7.69. The normalized spacial score (nSPS) is 11.3. The number of carbonyl (C=O) groups is 2. The molecule has 2 aromatic heterocycles. The summed E-state index contributed by atoms with van der Waals surface area (Å²) in [6.45, 7) is 6.09. The Bertz CT molecular complexity index is 1270. The number of para-hydroxylation sites is 2. The molecule has 7 heteroatoms. The summed E-state index contributed by atoms with van der Waals surface area (Å²) in [7, 11) is 0. The van der Waals surface area contributed by atoms with Crippen LogP contribution in [0.4, 0.5) is 5.82 Å². The molecule has 0 radical (unpaired) electrons. The highest BCUT2D eigenvalue weighted by molar-refractivity contribution is 6.11. The van der Waals surface area contributed by atoms with E-state index in [1.807, 2.05) is 38.1 Å². The first-order valence-electron chi connectivity index (χ1n) is 9.83. The summed E-state index contributed by atoms with van der Waals surface area (Å²) < 4.78 is 1.71. The van der Waals surface area contributed by atoms with E-state index in [9.17, 15) is 9.59 Å². The molecule has 3 N–H and O–H groups in total. The fourth-order valence-corrected chi connectivity index (χ4v) is 3.38. The number of ketones is 1. The van der Waals surface area contributed by atoms with Gasteiger partial charge in [0.1, 0.15) is 16.9 Å². The van der Waals surface area contributed by atoms with Gasteiger partial charge in [0, 0.05) is 17.8 Å². The van der Waals surface area contributed by atoms with Crippen LogP contribution in [0.25, 0.3) is 27.9 Å². The standard InChI is InChI=1S/C23H23N5O2/c1-13(2)12-25-23(30)19-20-22(27-18-7-5-4-6-17(18)26-20)28(21(19)24)16-10-8-15(9-11-16)14(3)29/h4-11,13H,12,24H2,1-3H3,(H,25,30). The molecule has 2 heterocycles. The average Bonchev–Trinajstić information content (AvgIpc) is 3.01. The quantitative estimate of drug-likeness (QED) is 0.496. The number of nitrogens with zero attached hydrogens (tertiary/aromatic N) is 3. The highest BCUT2D eigenvalue weighted by Crippen LogP contribution is 2.31. The summed E-state index contributed by atoms with van der Waals surface area (Å²) in [4.78, 5) is 34.1. The minimum absolute atomic E-state index is 0.0218. The smallest absolute Gasteiger partial charge is 0.257 e. The number of aromatic nitrogens is 3. The second kappa shape index (κ2) is 7.59. The van der Waals surface area contributed by atoms with Gasteiger partial charge >= 0.3 is 0 Å². The summed E-state index contributed by atoms with van der Waals surface area (Å²) in [5.41, 5.74) is 10.4. The molecule has 0 aliphatic rings. The van der Waals surface area contributed by atoms with Gasteiger partial charge in [0.25, 0.3) is 5.91 Å². The largest absolute Gasteiger partial charge is 0.384 e. The van der Waals surface area contributed by atoms with Crippen LogP contribution < -0.4 is 11.1 Å². The van der Waals surface area contributed by atoms with Crippen LogP contribution in [-0.4, -0.2) is 32.8 Å². The van der Waals surface area contributed by atoms with Gasteiger partial charge in [-0.2, -0.15) is 0 Å². The first-order valence-corrected chi connectivity index (χ1v) is 9.83. The van der Waals surface area contributed by atoms with E-state index < -0.39 is 0 Å². The van der Waals surface area contributed by atoms with Gasteiger partial charge in [-0.1, -0.05) is 26.0 Å². The fourth-order valence-electron chi connectivity index (χ4n) is 3.38. The lowest BCUT2D eigenvalue weighted by molar-refractivity contribution is 0.0950. The minimum atomic E-state index is -0.283. The molecule has 1 amide bonds. The molecular weight excluding hydrogens is 378 g/mol. The third-order valence-electron chi connectivity index (χ3n) is 4.93. The molecule has 0 saturated carbocycles. The van der Waals surface area contributed by atoms with E-state index in [0.717, 1.165) is 0 Å². The Kier molecular flexibility index (Phi) is 4.95. The predicted octanol–water partition coefficient (Wildman–Crippen LogP) is 3.74. The maximum absolute atomic E-state index is 13.0. The molecule has 7 nitrogen and oxygen atoms in total. The molecule has 152 valence electrons. The monoisotopic (exact) mass is 401 g/mol. The number of nitrogens with one attached hydrogen (secondary N) is 1. The van der Waals surface area contributed by atoms with Crippen LogP contribution in [0, 0.1) is 5.92 Å². The Balaban J connectivity index is 1.96. The van der Waals surface area contributed by atoms with E-state index in [1.54, 1.807) is 28.8 Å². The van der Waals surface area contributed by atoms with Gasteiger partial charge in [0.2, 0.25) is 0 Å². The summed E-state index contributed by atoms with van der Waals surface area (Å²) in [6, 6.07) is 14.5. The summed E-state index contributed by atoms with van der Waals surface area (Å²) >= 11 is 0. The lowest BCUT2D eigenvalue weighted by atomic mass is 10.1. The highest BCUT2D eigenvalue weighted by Gasteiger charge is 2.24. The number of amides is 1. The van der Waals surface area contributed by atoms with Crippen molar-refractivity contribution in [2.75, 3.05) is 12.3 Å². The van der Waals surface area contributed by atoms with Gasteiger partial charge in [-0.25, -0.2) is 9.97 Å². The molecule has 0 atom stereocenters. The fraction of sp³-hybridized carbons (Fsp3) is 0.217. The number of nitrogens with two attached hydrogens (primary N) is 1. The third-order valence-corrected chi connectivity index (χ3v) is 4.93. The Morgan fingerprint density at radius 2 is 1.67 bits per heavy atom. The summed E-state index contributed by atoms with van der Waals surface area (Å²) in [5.74, 6) is 0.257. The molecule has 30 heavy (non-hydrogen) atoms. The average molecular weight is 401 g/mol. The maximum atomic E-state index is 13.0. The van der Waals surface area contributed by atoms with E-state index >= 15 is 0 Å². The lowest BCUT2D eigenvalue weighted by Crippen LogP contribution is -2.28. The van der Waals surface area contributed by atoms with Crippen LogP contribution in [0.2, 0.25) is 0 Å². The number of carbonyl (C=O) groups excluding carboxylic acids is 2. The molecule has 4 aromatic rings. The third kappa shape index (κ3) is 3.39. The van der Waals surface area contributed by atoms with Crippen molar-refractivity contribution in [2.24, 2.45) is 5.92 Å². The van der Waals surface area contributed by atoms with E-state index in [2.05, 4.69) is 5.32 Å². The van der Waals surface area contributed by atoms with Crippen molar-refractivity contribution in [3.8, 4) is 5.69 Å². The molecule has 4 rings (SSSR count). The van der Waals surface area contributed by atoms with Crippen molar-refractivity contribution in [3.05, 3.63) is 59.7 Å². The molecule has 0 aliphatic heterocycles. The number of hydrogen-bond donors (Lipinski definition) is 2. The first-order chi connectivity index (χ1) is 14.4. The van der Waals surface area contributed by atoms with Crippen molar-refractivity contribution >= 4 is 39.7 Å². The van der Waals surface area contributed by atoms with Crippen LogP contribution in [0.3, 0.4) is 0 Å². The number of nitrogen functional groups attached to an aromatic ring is 1. The zero-order valence-corrected chi connectivity index (χ0v) is 17.1. The lowest BCUT2D eigenvalue weighted by Gasteiger charge is -2.09. The van der Waals surface area contributed by atoms with Crippen molar-refractivity contribution in [1.82, 2.24) is 19.9 Å². The molecule has 0 aliphatic carbocycles. The molecule has 0 unspecified atom stereocenters. The molecule has 2 aromatic carbocycles. The number of Topliss-reactive ketones (excluding diaryl/α,β-unsaturated/α-hetero) is 1. The summed E-state index contributed by atoms with van der Waals surface area (Å²) in [5, 5.41) is 2.92. The van der Waals surface area contributed by atoms with E-state index in [4.69, 9.17) is 15.7 Å². The van der Waals surface area contributed by atoms with E-state index in [-0.39, 0.29) is 17.5 Å². The van der Waals surface area contributed by atoms with Crippen LogP contribution in [0.15, 0.2) is 48.5 Å². The van der Waals surface area contributed by atoms with Gasteiger partial charge in [0.05, 0.1) is 11.0 Å². The highest BCUT2D eigenvalue weighted by atomic mass is 16.1. The predicted molar refractivity (Wildman–Crippen MR) is 118 cm³/mol. The van der Waals surface area contributed by atoms with Gasteiger partial charge in [-0.3, -0.25) is 14.2 Å². The van der Waals surface area contributed by atoms with Crippen molar-refractivity contribution in [2.45, 2.75) is 20.8 Å². The van der Waals surface area contributed by atoms with Crippen molar-refractivity contribution < 1.29 is 9.59 Å². The molecule has 0 saturated heterocycles. The zero-order valence-electron chi connectivity index (χ0n) is 17.1. The zero-order chi connectivity index (χ0) is 21.4. The minimum Gasteiger partial charge on any atom is -0.384 e. The van der Waals surface area contributed by atoms with Crippen molar-refractivity contribution in [1.29, 1.82) is 0 Å². The van der Waals surface area contributed by atoms with Gasteiger partial charge < -0.3 is 11.1 Å². The van der Waals surface area contributed by atoms with Crippen LogP contribution >= 0.6 is 0 Å². The maximum Gasteiger partial charge on any atom is 0.257 e. The second-order valence-electron chi connectivity index (χ2n) is 7.69. The van der Waals surface area contributed by atoms with Crippen LogP contribution in [0.5, 0.6) is 0 Å². The van der Waals surface area contributed by atoms with Crippen molar-refractivity contribution in [3.63, 3.8) is 0 Å². The van der Waals surface area contributed by atoms with E-state index in [1.165, 1.54) is 6.92 Å². The Morgan fingerprint density at radius 1 is 1.03 bits per heavy atom. The molecule has 0 bridgehead atoms. The number of anilines is 1. The molecule has 0 fully saturated rings.